The number of ether oxygens (including phenoxy) is 2. The van der Waals surface area contributed by atoms with E-state index in [1.165, 1.54) is 5.01 Å². The van der Waals surface area contributed by atoms with E-state index in [0.717, 1.165) is 11.6 Å². The first kappa shape index (κ1) is 22.4. The summed E-state index contributed by atoms with van der Waals surface area (Å²) in [7, 11) is -1.16. The number of hydrogen-bond acceptors (Lipinski definition) is 4. The second-order valence-electron chi connectivity index (χ2n) is 8.28. The summed E-state index contributed by atoms with van der Waals surface area (Å²) in [4.78, 5) is 24.4. The minimum atomic E-state index is -1.16. The van der Waals surface area contributed by atoms with E-state index in [2.05, 4.69) is 30.4 Å². The molecular weight excluding hydrogens is 374 g/mol. The smallest absolute Gasteiger partial charge is 0.333 e. The molecule has 1 heterocycles. The first-order valence-electron chi connectivity index (χ1n) is 9.89. The number of carbonyl (C=O) groups is 2. The first-order chi connectivity index (χ1) is 13.3. The van der Waals surface area contributed by atoms with E-state index in [0.29, 0.717) is 19.4 Å². The minimum absolute atomic E-state index is 0.143. The van der Waals surface area contributed by atoms with Crippen molar-refractivity contribution in [1.82, 2.24) is 15.8 Å². The van der Waals surface area contributed by atoms with Gasteiger partial charge in [-0.05, 0) is 18.0 Å². The van der Waals surface area contributed by atoms with Crippen molar-refractivity contribution in [2.75, 3.05) is 19.9 Å². The zero-order chi connectivity index (χ0) is 20.6. The summed E-state index contributed by atoms with van der Waals surface area (Å²) in [5.74, 6) is -0.149. The van der Waals surface area contributed by atoms with Crippen LogP contribution in [0.5, 0.6) is 0 Å². The van der Waals surface area contributed by atoms with E-state index in [1.807, 2.05) is 30.3 Å². The number of carbonyl (C=O) groups excluding carboxylic acids is 2. The summed E-state index contributed by atoms with van der Waals surface area (Å²) in [6.07, 6.45) is 0.548. The van der Waals surface area contributed by atoms with E-state index in [9.17, 15) is 9.59 Å². The number of hydrogen-bond donors (Lipinski definition) is 2. The van der Waals surface area contributed by atoms with Crippen LogP contribution in [0, 0.1) is 0 Å². The quantitative estimate of drug-likeness (QED) is 0.375. The van der Waals surface area contributed by atoms with E-state index in [1.54, 1.807) is 6.92 Å². The van der Waals surface area contributed by atoms with Crippen molar-refractivity contribution in [1.29, 1.82) is 0 Å². The molecule has 1 aromatic carbocycles. The molecule has 1 fully saturated rings. The molecule has 1 saturated heterocycles. The van der Waals surface area contributed by atoms with Crippen molar-refractivity contribution >= 4 is 20.0 Å². The highest BCUT2D eigenvalue weighted by Crippen LogP contribution is 2.14. The van der Waals surface area contributed by atoms with Crippen molar-refractivity contribution in [2.24, 2.45) is 0 Å². The summed E-state index contributed by atoms with van der Waals surface area (Å²) in [6.45, 7) is 9.75. The molecule has 7 nitrogen and oxygen atoms in total. The fraction of sp³-hybridized carbons (Fsp3) is 0.600. The van der Waals surface area contributed by atoms with Gasteiger partial charge in [-0.15, -0.1) is 0 Å². The Morgan fingerprint density at radius 1 is 1.25 bits per heavy atom. The lowest BCUT2D eigenvalue weighted by molar-refractivity contribution is -0.139. The van der Waals surface area contributed by atoms with Gasteiger partial charge >= 0.3 is 6.03 Å². The SMILES string of the molecule is CCC(=O)N1C[C@@H](OCOCC[Si](C)(C)C)[C@@H](Cc2ccccc2)NC(=O)N1. The van der Waals surface area contributed by atoms with Gasteiger partial charge in [-0.1, -0.05) is 56.9 Å². The van der Waals surface area contributed by atoms with Gasteiger partial charge in [-0.3, -0.25) is 4.79 Å². The predicted molar refractivity (Wildman–Crippen MR) is 111 cm³/mol. The lowest BCUT2D eigenvalue weighted by Crippen LogP contribution is -2.48. The van der Waals surface area contributed by atoms with Gasteiger partial charge in [-0.25, -0.2) is 15.2 Å². The Morgan fingerprint density at radius 3 is 2.61 bits per heavy atom. The number of benzene rings is 1. The molecule has 0 aromatic heterocycles. The predicted octanol–water partition coefficient (Wildman–Crippen LogP) is 2.76. The molecule has 2 rings (SSSR count). The normalized spacial score (nSPS) is 20.3. The molecule has 1 aliphatic rings. The lowest BCUT2D eigenvalue weighted by Gasteiger charge is -2.27. The summed E-state index contributed by atoms with van der Waals surface area (Å²) >= 11 is 0. The maximum Gasteiger partial charge on any atom is 0.333 e. The fourth-order valence-corrected chi connectivity index (χ4v) is 3.67. The number of hydrazine groups is 1. The average Bonchev–Trinajstić information content (AvgIpc) is 2.79. The van der Waals surface area contributed by atoms with Crippen molar-refractivity contribution in [3.05, 3.63) is 35.9 Å². The molecule has 1 aliphatic heterocycles. The van der Waals surface area contributed by atoms with Crippen LogP contribution >= 0.6 is 0 Å². The monoisotopic (exact) mass is 407 g/mol. The van der Waals surface area contributed by atoms with Crippen molar-refractivity contribution in [3.63, 3.8) is 0 Å². The average molecular weight is 408 g/mol. The summed E-state index contributed by atoms with van der Waals surface area (Å²) in [6, 6.07) is 10.3. The van der Waals surface area contributed by atoms with Gasteiger partial charge in [0.2, 0.25) is 5.91 Å². The van der Waals surface area contributed by atoms with Crippen LogP contribution in [0.4, 0.5) is 4.79 Å². The Labute approximate surface area is 168 Å². The summed E-state index contributed by atoms with van der Waals surface area (Å²) in [5.41, 5.74) is 3.71. The van der Waals surface area contributed by atoms with Crippen LogP contribution < -0.4 is 10.7 Å². The second-order valence-corrected chi connectivity index (χ2v) is 13.9. The Hall–Kier alpha value is -1.90. The number of amides is 3. The minimum Gasteiger partial charge on any atom is -0.356 e. The molecular formula is C20H33N3O4Si. The van der Waals surface area contributed by atoms with Crippen LogP contribution in [-0.2, 0) is 20.7 Å². The van der Waals surface area contributed by atoms with Crippen molar-refractivity contribution < 1.29 is 19.1 Å². The topological polar surface area (TPSA) is 79.9 Å². The first-order valence-corrected chi connectivity index (χ1v) is 13.6. The van der Waals surface area contributed by atoms with E-state index < -0.39 is 14.1 Å². The number of rotatable bonds is 9. The van der Waals surface area contributed by atoms with Gasteiger partial charge in [0.25, 0.3) is 0 Å². The Kier molecular flexibility index (Phi) is 8.47. The number of urea groups is 1. The third-order valence-corrected chi connectivity index (χ3v) is 6.33. The molecule has 3 amide bonds. The van der Waals surface area contributed by atoms with Crippen LogP contribution in [0.2, 0.25) is 25.7 Å². The fourth-order valence-electron chi connectivity index (χ4n) is 2.92. The molecule has 156 valence electrons. The maximum atomic E-state index is 12.2. The zero-order valence-electron chi connectivity index (χ0n) is 17.4. The van der Waals surface area contributed by atoms with E-state index in [4.69, 9.17) is 9.47 Å². The van der Waals surface area contributed by atoms with Gasteiger partial charge < -0.3 is 14.8 Å². The Morgan fingerprint density at radius 2 is 1.96 bits per heavy atom. The molecule has 0 aliphatic carbocycles. The second kappa shape index (κ2) is 10.6. The van der Waals surface area contributed by atoms with Crippen LogP contribution in [0.15, 0.2) is 30.3 Å². The highest BCUT2D eigenvalue weighted by Gasteiger charge is 2.32. The number of nitrogens with zero attached hydrogens (tertiary/aromatic N) is 1. The molecule has 0 unspecified atom stereocenters. The highest BCUT2D eigenvalue weighted by atomic mass is 28.3. The van der Waals surface area contributed by atoms with Crippen LogP contribution in [0.1, 0.15) is 18.9 Å². The van der Waals surface area contributed by atoms with Gasteiger partial charge in [0, 0.05) is 21.1 Å². The van der Waals surface area contributed by atoms with Gasteiger partial charge in [-0.2, -0.15) is 0 Å². The summed E-state index contributed by atoms with van der Waals surface area (Å²) < 4.78 is 11.7. The Bertz CT molecular complexity index is 636. The van der Waals surface area contributed by atoms with Gasteiger partial charge in [0.15, 0.2) is 0 Å². The molecule has 0 radical (unpaired) electrons. The highest BCUT2D eigenvalue weighted by molar-refractivity contribution is 6.76. The molecule has 2 N–H and O–H groups in total. The molecule has 1 aromatic rings. The number of nitrogens with one attached hydrogen (secondary N) is 2. The third kappa shape index (κ3) is 7.61. The van der Waals surface area contributed by atoms with Crippen LogP contribution in [0.25, 0.3) is 0 Å². The zero-order valence-corrected chi connectivity index (χ0v) is 18.4. The molecule has 0 saturated carbocycles. The standard InChI is InChI=1S/C20H33N3O4Si/c1-5-19(24)23-14-18(27-15-26-11-12-28(2,3)4)17(21-20(25)22-23)13-16-9-7-6-8-10-16/h6-10,17-18H,5,11-15H2,1-4H3,(H2,21,22,25)/t17-,18-/m1/s1. The maximum absolute atomic E-state index is 12.2. The van der Waals surface area contributed by atoms with Crippen molar-refractivity contribution in [3.8, 4) is 0 Å². The van der Waals surface area contributed by atoms with Crippen LogP contribution in [0.3, 0.4) is 0 Å². The van der Waals surface area contributed by atoms with E-state index >= 15 is 0 Å². The van der Waals surface area contributed by atoms with Crippen molar-refractivity contribution in [2.45, 2.75) is 57.6 Å². The third-order valence-electron chi connectivity index (χ3n) is 4.63. The largest absolute Gasteiger partial charge is 0.356 e. The summed E-state index contributed by atoms with van der Waals surface area (Å²) in [5, 5.41) is 4.27. The molecule has 0 bridgehead atoms. The van der Waals surface area contributed by atoms with Gasteiger partial charge in [0.1, 0.15) is 12.9 Å². The Balaban J connectivity index is 2.03. The molecule has 2 atom stereocenters. The lowest BCUT2D eigenvalue weighted by atomic mass is 10.0. The van der Waals surface area contributed by atoms with Crippen LogP contribution in [-0.4, -0.2) is 57.1 Å². The molecule has 28 heavy (non-hydrogen) atoms. The van der Waals surface area contributed by atoms with E-state index in [-0.39, 0.29) is 31.4 Å². The van der Waals surface area contributed by atoms with Gasteiger partial charge in [0.05, 0.1) is 12.6 Å². The molecule has 0 spiro atoms. The molecule has 8 heteroatoms.